The molecule has 1 aliphatic rings. The topological polar surface area (TPSA) is 64.8 Å². The maximum absolute atomic E-state index is 12.8. The molecule has 1 aromatic carbocycles. The van der Waals surface area contributed by atoms with Crippen molar-refractivity contribution in [2.75, 3.05) is 26.2 Å². The van der Waals surface area contributed by atoms with Gasteiger partial charge in [-0.25, -0.2) is 0 Å². The van der Waals surface area contributed by atoms with E-state index in [1.165, 1.54) is 0 Å². The smallest absolute Gasteiger partial charge is 0.257 e. The summed E-state index contributed by atoms with van der Waals surface area (Å²) < 4.78 is 11.4. The molecule has 1 aliphatic heterocycles. The van der Waals surface area contributed by atoms with Gasteiger partial charge in [-0.1, -0.05) is 11.6 Å². The van der Waals surface area contributed by atoms with Gasteiger partial charge < -0.3 is 20.1 Å². The molecule has 0 bridgehead atoms. The monoisotopic (exact) mass is 326 g/mol. The predicted octanol–water partition coefficient (Wildman–Crippen LogP) is 2.32. The van der Waals surface area contributed by atoms with Crippen molar-refractivity contribution in [1.82, 2.24) is 4.90 Å². The molecule has 0 radical (unpaired) electrons. The van der Waals surface area contributed by atoms with Crippen molar-refractivity contribution >= 4 is 17.5 Å². The SMILES string of the molecule is C[C@@H]1CN(C(=O)c2ccc(Cl)cc2OCCCN)C[C@H](C)O1. The van der Waals surface area contributed by atoms with Crippen molar-refractivity contribution in [3.63, 3.8) is 0 Å². The van der Waals surface area contributed by atoms with Crippen LogP contribution in [0.5, 0.6) is 5.75 Å². The summed E-state index contributed by atoms with van der Waals surface area (Å²) in [5.74, 6) is 0.458. The van der Waals surface area contributed by atoms with Gasteiger partial charge in [0.05, 0.1) is 24.4 Å². The number of nitrogens with zero attached hydrogens (tertiary/aromatic N) is 1. The van der Waals surface area contributed by atoms with Crippen LogP contribution in [0.2, 0.25) is 5.02 Å². The van der Waals surface area contributed by atoms with Crippen molar-refractivity contribution in [2.24, 2.45) is 5.73 Å². The van der Waals surface area contributed by atoms with Crippen molar-refractivity contribution < 1.29 is 14.3 Å². The van der Waals surface area contributed by atoms with Crippen LogP contribution in [0.15, 0.2) is 18.2 Å². The van der Waals surface area contributed by atoms with Crippen LogP contribution in [0.25, 0.3) is 0 Å². The average molecular weight is 327 g/mol. The fraction of sp³-hybridized carbons (Fsp3) is 0.562. The van der Waals surface area contributed by atoms with Gasteiger partial charge in [0.15, 0.2) is 0 Å². The molecule has 2 rings (SSSR count). The number of nitrogens with two attached hydrogens (primary N) is 1. The van der Waals surface area contributed by atoms with Crippen molar-refractivity contribution in [1.29, 1.82) is 0 Å². The summed E-state index contributed by atoms with van der Waals surface area (Å²) >= 11 is 6.02. The predicted molar refractivity (Wildman–Crippen MR) is 86.5 cm³/mol. The molecule has 0 saturated carbocycles. The van der Waals surface area contributed by atoms with Crippen LogP contribution in [0, 0.1) is 0 Å². The second-order valence-corrected chi connectivity index (χ2v) is 6.04. The zero-order chi connectivity index (χ0) is 16.1. The summed E-state index contributed by atoms with van der Waals surface area (Å²) in [6, 6.07) is 5.10. The molecule has 1 aromatic rings. The van der Waals surface area contributed by atoms with Crippen LogP contribution >= 0.6 is 11.6 Å². The zero-order valence-corrected chi connectivity index (χ0v) is 13.8. The number of hydrogen-bond acceptors (Lipinski definition) is 4. The summed E-state index contributed by atoms with van der Waals surface area (Å²) in [6.07, 6.45) is 0.786. The minimum absolute atomic E-state index is 0.0293. The Bertz CT molecular complexity index is 514. The molecule has 0 spiro atoms. The Balaban J connectivity index is 2.17. The standard InChI is InChI=1S/C16H23ClN2O3/c1-11-9-19(10-12(2)22-11)16(20)14-5-4-13(17)8-15(14)21-7-3-6-18/h4-5,8,11-12H,3,6-7,9-10,18H2,1-2H3/t11-,12+. The second-order valence-electron chi connectivity index (χ2n) is 5.60. The Hall–Kier alpha value is -1.30. The third kappa shape index (κ3) is 4.35. The summed E-state index contributed by atoms with van der Waals surface area (Å²) in [5, 5.41) is 0.544. The first kappa shape index (κ1) is 17.1. The van der Waals surface area contributed by atoms with Gasteiger partial charge in [0.1, 0.15) is 5.75 Å². The van der Waals surface area contributed by atoms with Gasteiger partial charge in [0, 0.05) is 18.1 Å². The highest BCUT2D eigenvalue weighted by Gasteiger charge is 2.28. The van der Waals surface area contributed by atoms with E-state index in [4.69, 9.17) is 26.8 Å². The normalized spacial score (nSPS) is 21.7. The minimum Gasteiger partial charge on any atom is -0.493 e. The van der Waals surface area contributed by atoms with Crippen LogP contribution in [-0.4, -0.2) is 49.3 Å². The number of ether oxygens (including phenoxy) is 2. The first-order valence-electron chi connectivity index (χ1n) is 7.58. The van der Waals surface area contributed by atoms with E-state index in [9.17, 15) is 4.79 Å². The van der Waals surface area contributed by atoms with Crippen LogP contribution < -0.4 is 10.5 Å². The van der Waals surface area contributed by atoms with Crippen LogP contribution in [0.3, 0.4) is 0 Å². The lowest BCUT2D eigenvalue weighted by Crippen LogP contribution is -2.48. The molecule has 2 N–H and O–H groups in total. The summed E-state index contributed by atoms with van der Waals surface area (Å²) in [6.45, 7) is 6.10. The van der Waals surface area contributed by atoms with E-state index < -0.39 is 0 Å². The highest BCUT2D eigenvalue weighted by molar-refractivity contribution is 6.30. The summed E-state index contributed by atoms with van der Waals surface area (Å²) in [4.78, 5) is 14.6. The highest BCUT2D eigenvalue weighted by atomic mass is 35.5. The van der Waals surface area contributed by atoms with Gasteiger partial charge in [0.25, 0.3) is 5.91 Å². The van der Waals surface area contributed by atoms with Gasteiger partial charge in [-0.05, 0) is 45.0 Å². The maximum atomic E-state index is 12.8. The molecule has 0 aromatic heterocycles. The van der Waals surface area contributed by atoms with E-state index in [2.05, 4.69) is 0 Å². The number of morpholine rings is 1. The quantitative estimate of drug-likeness (QED) is 0.843. The van der Waals surface area contributed by atoms with Crippen LogP contribution in [0.4, 0.5) is 0 Å². The lowest BCUT2D eigenvalue weighted by molar-refractivity contribution is -0.0586. The summed E-state index contributed by atoms with van der Waals surface area (Å²) in [5.41, 5.74) is 6.00. The Morgan fingerprint density at radius 1 is 1.41 bits per heavy atom. The fourth-order valence-electron chi connectivity index (χ4n) is 2.57. The van der Waals surface area contributed by atoms with Gasteiger partial charge in [-0.3, -0.25) is 4.79 Å². The van der Waals surface area contributed by atoms with Gasteiger partial charge in [-0.2, -0.15) is 0 Å². The Kier molecular flexibility index (Phi) is 6.06. The van der Waals surface area contributed by atoms with Crippen molar-refractivity contribution in [3.8, 4) is 5.75 Å². The highest BCUT2D eigenvalue weighted by Crippen LogP contribution is 2.26. The molecule has 2 atom stereocenters. The van der Waals surface area contributed by atoms with Gasteiger partial charge >= 0.3 is 0 Å². The third-order valence-electron chi connectivity index (χ3n) is 3.49. The van der Waals surface area contributed by atoms with Crippen molar-refractivity contribution in [3.05, 3.63) is 28.8 Å². The molecule has 0 aliphatic carbocycles. The van der Waals surface area contributed by atoms with Crippen LogP contribution in [0.1, 0.15) is 30.6 Å². The van der Waals surface area contributed by atoms with Gasteiger partial charge in [-0.15, -0.1) is 0 Å². The van der Waals surface area contributed by atoms with E-state index in [0.29, 0.717) is 42.6 Å². The Morgan fingerprint density at radius 2 is 2.09 bits per heavy atom. The molecule has 6 heteroatoms. The minimum atomic E-state index is -0.0542. The third-order valence-corrected chi connectivity index (χ3v) is 3.72. The summed E-state index contributed by atoms with van der Waals surface area (Å²) in [7, 11) is 0. The molecule has 5 nitrogen and oxygen atoms in total. The molecule has 1 heterocycles. The number of hydrogen-bond donors (Lipinski definition) is 1. The number of rotatable bonds is 5. The largest absolute Gasteiger partial charge is 0.493 e. The molecular weight excluding hydrogens is 304 g/mol. The molecular formula is C16H23ClN2O3. The molecule has 1 fully saturated rings. The van der Waals surface area contributed by atoms with E-state index in [0.717, 1.165) is 6.42 Å². The number of benzene rings is 1. The zero-order valence-electron chi connectivity index (χ0n) is 13.0. The lowest BCUT2D eigenvalue weighted by Gasteiger charge is -2.35. The Morgan fingerprint density at radius 3 is 2.73 bits per heavy atom. The molecule has 22 heavy (non-hydrogen) atoms. The molecule has 0 unspecified atom stereocenters. The number of carbonyl (C=O) groups is 1. The number of amides is 1. The number of halogens is 1. The maximum Gasteiger partial charge on any atom is 0.257 e. The van der Waals surface area contributed by atoms with E-state index in [-0.39, 0.29) is 18.1 Å². The Labute approximate surface area is 136 Å². The van der Waals surface area contributed by atoms with E-state index >= 15 is 0 Å². The van der Waals surface area contributed by atoms with E-state index in [1.807, 2.05) is 13.8 Å². The van der Waals surface area contributed by atoms with Gasteiger partial charge in [0.2, 0.25) is 0 Å². The molecule has 1 saturated heterocycles. The number of carbonyl (C=O) groups excluding carboxylic acids is 1. The van der Waals surface area contributed by atoms with Crippen molar-refractivity contribution in [2.45, 2.75) is 32.5 Å². The average Bonchev–Trinajstić information content (AvgIpc) is 2.46. The lowest BCUT2D eigenvalue weighted by atomic mass is 10.1. The first-order valence-corrected chi connectivity index (χ1v) is 7.96. The van der Waals surface area contributed by atoms with Crippen LogP contribution in [-0.2, 0) is 4.74 Å². The molecule has 1 amide bonds. The molecule has 122 valence electrons. The first-order chi connectivity index (χ1) is 10.5. The fourth-order valence-corrected chi connectivity index (χ4v) is 2.73. The second kappa shape index (κ2) is 7.81. The van der Waals surface area contributed by atoms with E-state index in [1.54, 1.807) is 23.1 Å².